The molecular formula is C12H24BN2O3. The number of nitrogens with two attached hydrogens (primary N) is 1. The van der Waals surface area contributed by atoms with Gasteiger partial charge in [-0.1, -0.05) is 26.1 Å². The second-order valence-electron chi connectivity index (χ2n) is 5.57. The number of rotatable bonds is 4. The summed E-state index contributed by atoms with van der Waals surface area (Å²) in [5.41, 5.74) is 5.03. The van der Waals surface area contributed by atoms with E-state index in [-0.39, 0.29) is 5.41 Å². The van der Waals surface area contributed by atoms with Crippen molar-refractivity contribution >= 4 is 13.5 Å². The van der Waals surface area contributed by atoms with Crippen LogP contribution in [0.3, 0.4) is 0 Å². The zero-order chi connectivity index (χ0) is 13.6. The van der Waals surface area contributed by atoms with Crippen LogP contribution in [0.2, 0.25) is 6.32 Å². The standard InChI is InChI=1S/C8H14N2O2.C4H10BO/c9-8(6(11)12)2-1-7(3-8)4-10-5-7;1-2-3-4-5-6/h10H,1-5,9H2,(H,11,12);6H,2-4H2,1H3. The summed E-state index contributed by atoms with van der Waals surface area (Å²) in [7, 11) is 1.21. The highest BCUT2D eigenvalue weighted by Gasteiger charge is 2.52. The Balaban J connectivity index is 0.000000232. The predicted octanol–water partition coefficient (Wildman–Crippen LogP) is 0.358. The zero-order valence-corrected chi connectivity index (χ0v) is 11.1. The Morgan fingerprint density at radius 2 is 2.11 bits per heavy atom. The molecule has 2 aliphatic rings. The molecule has 5 N–H and O–H groups in total. The average Bonchev–Trinajstić information content (AvgIpc) is 2.67. The highest BCUT2D eigenvalue weighted by molar-refractivity contribution is 6.25. The minimum absolute atomic E-state index is 0.215. The van der Waals surface area contributed by atoms with Crippen molar-refractivity contribution in [3.8, 4) is 0 Å². The largest absolute Gasteiger partial charge is 0.480 e. The number of nitrogens with one attached hydrogen (secondary N) is 1. The van der Waals surface area contributed by atoms with Gasteiger partial charge in [0, 0.05) is 13.1 Å². The summed E-state index contributed by atoms with van der Waals surface area (Å²) in [5, 5.41) is 20.1. The van der Waals surface area contributed by atoms with Crippen LogP contribution in [0, 0.1) is 5.41 Å². The van der Waals surface area contributed by atoms with Crippen molar-refractivity contribution in [2.75, 3.05) is 13.1 Å². The SMILES string of the molecule is CCCC[B]O.NC1(C(=O)O)CCC2(CNC2)C1. The normalized spacial score (nSPS) is 28.2. The van der Waals surface area contributed by atoms with Crippen molar-refractivity contribution in [3.63, 3.8) is 0 Å². The third-order valence-electron chi connectivity index (χ3n) is 3.90. The van der Waals surface area contributed by atoms with E-state index in [1.165, 1.54) is 7.48 Å². The highest BCUT2D eigenvalue weighted by Crippen LogP contribution is 2.45. The first kappa shape index (κ1) is 15.5. The summed E-state index contributed by atoms with van der Waals surface area (Å²) in [6.45, 7) is 3.99. The van der Waals surface area contributed by atoms with Gasteiger partial charge in [0.2, 0.25) is 0 Å². The van der Waals surface area contributed by atoms with E-state index in [0.717, 1.165) is 38.7 Å². The molecule has 0 bridgehead atoms. The average molecular weight is 255 g/mol. The quantitative estimate of drug-likeness (QED) is 0.429. The smallest absolute Gasteiger partial charge is 0.323 e. The molecule has 0 amide bonds. The third kappa shape index (κ3) is 3.70. The fourth-order valence-electron chi connectivity index (χ4n) is 2.59. The first-order valence-electron chi connectivity index (χ1n) is 6.67. The molecule has 2 fully saturated rings. The maximum Gasteiger partial charge on any atom is 0.323 e. The van der Waals surface area contributed by atoms with E-state index >= 15 is 0 Å². The fourth-order valence-corrected chi connectivity index (χ4v) is 2.59. The van der Waals surface area contributed by atoms with E-state index < -0.39 is 11.5 Å². The summed E-state index contributed by atoms with van der Waals surface area (Å²) in [6.07, 6.45) is 5.35. The summed E-state index contributed by atoms with van der Waals surface area (Å²) in [4.78, 5) is 10.8. The summed E-state index contributed by atoms with van der Waals surface area (Å²) >= 11 is 0. The molecule has 0 aromatic heterocycles. The molecule has 0 aromatic carbocycles. The van der Waals surface area contributed by atoms with E-state index in [9.17, 15) is 4.79 Å². The lowest BCUT2D eigenvalue weighted by molar-refractivity contribution is -0.143. The number of carboxylic acid groups (broad SMARTS) is 1. The van der Waals surface area contributed by atoms with Crippen LogP contribution in [0.1, 0.15) is 39.0 Å². The van der Waals surface area contributed by atoms with Gasteiger partial charge in [-0.25, -0.2) is 0 Å². The van der Waals surface area contributed by atoms with Gasteiger partial charge in [-0.05, 0) is 24.7 Å². The second kappa shape index (κ2) is 6.54. The molecule has 1 saturated carbocycles. The molecule has 1 saturated heterocycles. The molecule has 1 heterocycles. The highest BCUT2D eigenvalue weighted by atomic mass is 16.4. The molecular weight excluding hydrogens is 231 g/mol. The van der Waals surface area contributed by atoms with Gasteiger partial charge in [-0.15, -0.1) is 0 Å². The van der Waals surface area contributed by atoms with Gasteiger partial charge >= 0.3 is 5.97 Å². The van der Waals surface area contributed by atoms with Crippen LogP contribution in [0.15, 0.2) is 0 Å². The zero-order valence-electron chi connectivity index (χ0n) is 11.1. The van der Waals surface area contributed by atoms with E-state index in [1.54, 1.807) is 0 Å². The molecule has 2 rings (SSSR count). The van der Waals surface area contributed by atoms with E-state index in [4.69, 9.17) is 15.9 Å². The van der Waals surface area contributed by atoms with E-state index in [0.29, 0.717) is 12.8 Å². The maximum absolute atomic E-state index is 10.8. The van der Waals surface area contributed by atoms with Crippen LogP contribution in [-0.2, 0) is 4.79 Å². The molecule has 1 unspecified atom stereocenters. The number of carboxylic acids is 1. The second-order valence-corrected chi connectivity index (χ2v) is 5.57. The molecule has 1 atom stereocenters. The lowest BCUT2D eigenvalue weighted by Gasteiger charge is -2.40. The van der Waals surface area contributed by atoms with Gasteiger partial charge in [0.05, 0.1) is 0 Å². The summed E-state index contributed by atoms with van der Waals surface area (Å²) < 4.78 is 0. The van der Waals surface area contributed by atoms with Crippen molar-refractivity contribution in [2.24, 2.45) is 11.1 Å². The molecule has 0 aromatic rings. The molecule has 1 radical (unpaired) electrons. The third-order valence-corrected chi connectivity index (χ3v) is 3.90. The summed E-state index contributed by atoms with van der Waals surface area (Å²) in [5.74, 6) is -0.841. The molecule has 1 spiro atoms. The Morgan fingerprint density at radius 3 is 2.33 bits per heavy atom. The van der Waals surface area contributed by atoms with Gasteiger partial charge in [0.25, 0.3) is 7.48 Å². The number of carbonyl (C=O) groups is 1. The van der Waals surface area contributed by atoms with Crippen LogP contribution in [0.5, 0.6) is 0 Å². The predicted molar refractivity (Wildman–Crippen MR) is 71.4 cm³/mol. The van der Waals surface area contributed by atoms with Gasteiger partial charge in [-0.3, -0.25) is 4.79 Å². The fraction of sp³-hybridized carbons (Fsp3) is 0.917. The number of aliphatic carboxylic acids is 1. The number of hydrogen-bond acceptors (Lipinski definition) is 4. The van der Waals surface area contributed by atoms with Gasteiger partial charge in [0.15, 0.2) is 0 Å². The Hall–Kier alpha value is -0.585. The van der Waals surface area contributed by atoms with Gasteiger partial charge in [-0.2, -0.15) is 0 Å². The Morgan fingerprint density at radius 1 is 1.44 bits per heavy atom. The van der Waals surface area contributed by atoms with Crippen LogP contribution in [-0.4, -0.2) is 42.2 Å². The topological polar surface area (TPSA) is 95.6 Å². The molecule has 1 aliphatic heterocycles. The molecule has 103 valence electrons. The molecule has 5 nitrogen and oxygen atoms in total. The maximum atomic E-state index is 10.8. The molecule has 6 heteroatoms. The summed E-state index contributed by atoms with van der Waals surface area (Å²) in [6, 6.07) is 0. The first-order chi connectivity index (χ1) is 8.48. The monoisotopic (exact) mass is 255 g/mol. The van der Waals surface area contributed by atoms with Crippen LogP contribution < -0.4 is 11.1 Å². The van der Waals surface area contributed by atoms with Crippen LogP contribution >= 0.6 is 0 Å². The molecule has 1 aliphatic carbocycles. The number of hydrogen-bond donors (Lipinski definition) is 4. The van der Waals surface area contributed by atoms with Crippen molar-refractivity contribution < 1.29 is 14.9 Å². The molecule has 18 heavy (non-hydrogen) atoms. The lowest BCUT2D eigenvalue weighted by Crippen LogP contribution is -2.55. The first-order valence-corrected chi connectivity index (χ1v) is 6.67. The van der Waals surface area contributed by atoms with Gasteiger partial charge in [0.1, 0.15) is 5.54 Å². The van der Waals surface area contributed by atoms with Crippen molar-refractivity contribution in [1.29, 1.82) is 0 Å². The van der Waals surface area contributed by atoms with Crippen LogP contribution in [0.25, 0.3) is 0 Å². The minimum atomic E-state index is -0.942. The van der Waals surface area contributed by atoms with E-state index in [2.05, 4.69) is 12.2 Å². The van der Waals surface area contributed by atoms with Crippen molar-refractivity contribution in [1.82, 2.24) is 5.32 Å². The van der Waals surface area contributed by atoms with E-state index in [1.807, 2.05) is 0 Å². The Bertz CT molecular complexity index is 280. The van der Waals surface area contributed by atoms with Crippen molar-refractivity contribution in [2.45, 2.75) is 50.9 Å². The minimum Gasteiger partial charge on any atom is -0.480 e. The van der Waals surface area contributed by atoms with Crippen molar-refractivity contribution in [3.05, 3.63) is 0 Å². The van der Waals surface area contributed by atoms with Gasteiger partial charge < -0.3 is 21.2 Å². The van der Waals surface area contributed by atoms with Crippen LogP contribution in [0.4, 0.5) is 0 Å². The number of unbranched alkanes of at least 4 members (excludes halogenated alkanes) is 1. The Labute approximate surface area is 109 Å². The Kier molecular flexibility index (Phi) is 5.62. The lowest BCUT2D eigenvalue weighted by atomic mass is 9.78.